The molecule has 0 aliphatic carbocycles. The van der Waals surface area contributed by atoms with Gasteiger partial charge in [0.25, 0.3) is 0 Å². The van der Waals surface area contributed by atoms with Gasteiger partial charge in [-0.3, -0.25) is 9.97 Å². The third-order valence-corrected chi connectivity index (χ3v) is 2.44. The average Bonchev–Trinajstić information content (AvgIpc) is 2.08. The first-order valence-electron chi connectivity index (χ1n) is 3.92. The molecule has 1 aromatic heterocycles. The first-order chi connectivity index (χ1) is 5.61. The van der Waals surface area contributed by atoms with Crippen molar-refractivity contribution in [2.45, 2.75) is 13.8 Å². The van der Waals surface area contributed by atoms with E-state index in [-0.39, 0.29) is 0 Å². The van der Waals surface area contributed by atoms with Crippen LogP contribution in [0.4, 0.5) is 0 Å². The third-order valence-electron chi connectivity index (χ3n) is 1.10. The van der Waals surface area contributed by atoms with E-state index < -0.39 is 7.14 Å². The molecule has 0 spiro atoms. The van der Waals surface area contributed by atoms with E-state index in [1.165, 1.54) is 0 Å². The molecule has 0 aliphatic heterocycles. The molecule has 1 aromatic rings. The molecule has 0 aliphatic rings. The van der Waals surface area contributed by atoms with Gasteiger partial charge in [0.1, 0.15) is 12.6 Å². The van der Waals surface area contributed by atoms with Crippen molar-refractivity contribution in [2.75, 3.05) is 13.3 Å². The van der Waals surface area contributed by atoms with Crippen molar-refractivity contribution in [3.05, 3.63) is 18.6 Å². The Balaban J connectivity index is 0.000000561. The van der Waals surface area contributed by atoms with E-state index in [0.717, 1.165) is 0 Å². The summed E-state index contributed by atoms with van der Waals surface area (Å²) in [5.74, 6) is 0. The first-order valence-corrected chi connectivity index (χ1v) is 6.52. The Morgan fingerprint density at radius 1 is 1.25 bits per heavy atom. The van der Waals surface area contributed by atoms with Gasteiger partial charge in [-0.2, -0.15) is 0 Å². The molecule has 0 radical (unpaired) electrons. The van der Waals surface area contributed by atoms with Crippen molar-refractivity contribution < 1.29 is 4.57 Å². The SMILES string of the molecule is CC.CP(C)(=O)c1cnccn1. The minimum atomic E-state index is -2.19. The average molecular weight is 186 g/mol. The summed E-state index contributed by atoms with van der Waals surface area (Å²) in [6, 6.07) is 0. The third kappa shape index (κ3) is 3.63. The second-order valence-corrected chi connectivity index (χ2v) is 5.57. The summed E-state index contributed by atoms with van der Waals surface area (Å²) < 4.78 is 11.3. The van der Waals surface area contributed by atoms with Crippen molar-refractivity contribution >= 4 is 12.6 Å². The molecule has 1 rings (SSSR count). The molecule has 0 fully saturated rings. The van der Waals surface area contributed by atoms with Gasteiger partial charge >= 0.3 is 0 Å². The van der Waals surface area contributed by atoms with Crippen LogP contribution in [0.2, 0.25) is 0 Å². The Bertz CT molecular complexity index is 255. The fourth-order valence-corrected chi connectivity index (χ4v) is 1.26. The lowest BCUT2D eigenvalue weighted by atomic mass is 10.8. The van der Waals surface area contributed by atoms with Crippen LogP contribution in [0.1, 0.15) is 13.8 Å². The van der Waals surface area contributed by atoms with Gasteiger partial charge in [0.15, 0.2) is 0 Å². The fraction of sp³-hybridized carbons (Fsp3) is 0.500. The van der Waals surface area contributed by atoms with Gasteiger partial charge in [-0.25, -0.2) is 0 Å². The molecule has 0 amide bonds. The molecule has 0 bridgehead atoms. The zero-order chi connectivity index (χ0) is 9.61. The van der Waals surface area contributed by atoms with Gasteiger partial charge in [-0.15, -0.1) is 0 Å². The predicted molar refractivity (Wildman–Crippen MR) is 52.5 cm³/mol. The highest BCUT2D eigenvalue weighted by Gasteiger charge is 2.10. The standard InChI is InChI=1S/C6H9N2OP.C2H6/c1-10(2,9)6-5-7-3-4-8-6;1-2/h3-5H,1-2H3;1-2H3. The van der Waals surface area contributed by atoms with Gasteiger partial charge < -0.3 is 4.57 Å². The lowest BCUT2D eigenvalue weighted by Gasteiger charge is -2.02. The maximum absolute atomic E-state index is 11.3. The zero-order valence-corrected chi connectivity index (χ0v) is 8.88. The normalized spacial score (nSPS) is 10.0. The fourth-order valence-electron chi connectivity index (χ4n) is 0.569. The molecule has 0 N–H and O–H groups in total. The van der Waals surface area contributed by atoms with E-state index in [4.69, 9.17) is 0 Å². The lowest BCUT2D eigenvalue weighted by molar-refractivity contribution is 0.587. The molecular formula is C8H15N2OP. The molecule has 4 heteroatoms. The van der Waals surface area contributed by atoms with E-state index in [1.807, 2.05) is 13.8 Å². The van der Waals surface area contributed by atoms with Crippen molar-refractivity contribution in [3.63, 3.8) is 0 Å². The van der Waals surface area contributed by atoms with Gasteiger partial charge in [0.2, 0.25) is 0 Å². The van der Waals surface area contributed by atoms with Crippen molar-refractivity contribution in [3.8, 4) is 0 Å². The Labute approximate surface area is 73.6 Å². The highest BCUT2D eigenvalue weighted by Crippen LogP contribution is 2.32. The molecular weight excluding hydrogens is 171 g/mol. The molecule has 1 heterocycles. The van der Waals surface area contributed by atoms with Crippen molar-refractivity contribution in [2.24, 2.45) is 0 Å². The largest absolute Gasteiger partial charge is 0.318 e. The van der Waals surface area contributed by atoms with Gasteiger partial charge in [0.05, 0.1) is 6.20 Å². The zero-order valence-electron chi connectivity index (χ0n) is 7.98. The van der Waals surface area contributed by atoms with Crippen LogP contribution >= 0.6 is 7.14 Å². The van der Waals surface area contributed by atoms with E-state index in [1.54, 1.807) is 31.9 Å². The van der Waals surface area contributed by atoms with Crippen LogP contribution in [0.3, 0.4) is 0 Å². The van der Waals surface area contributed by atoms with Crippen molar-refractivity contribution in [1.82, 2.24) is 9.97 Å². The summed E-state index contributed by atoms with van der Waals surface area (Å²) >= 11 is 0. The maximum atomic E-state index is 11.3. The molecule has 0 saturated carbocycles. The predicted octanol–water partition coefficient (Wildman–Crippen LogP) is 1.75. The molecule has 0 aromatic carbocycles. The van der Waals surface area contributed by atoms with Crippen LogP contribution in [-0.2, 0) is 4.57 Å². The van der Waals surface area contributed by atoms with E-state index in [2.05, 4.69) is 9.97 Å². The minimum Gasteiger partial charge on any atom is -0.318 e. The highest BCUT2D eigenvalue weighted by atomic mass is 31.2. The molecule has 3 nitrogen and oxygen atoms in total. The summed E-state index contributed by atoms with van der Waals surface area (Å²) in [6.45, 7) is 7.36. The number of hydrogen-bond acceptors (Lipinski definition) is 3. The summed E-state index contributed by atoms with van der Waals surface area (Å²) in [5.41, 5.74) is 0.593. The molecule has 68 valence electrons. The lowest BCUT2D eigenvalue weighted by Crippen LogP contribution is -2.07. The minimum absolute atomic E-state index is 0.593. The number of rotatable bonds is 1. The van der Waals surface area contributed by atoms with E-state index in [9.17, 15) is 4.57 Å². The summed E-state index contributed by atoms with van der Waals surface area (Å²) in [5, 5.41) is 0. The van der Waals surface area contributed by atoms with Gasteiger partial charge in [-0.05, 0) is 13.3 Å². The van der Waals surface area contributed by atoms with Crippen LogP contribution in [0.25, 0.3) is 0 Å². The highest BCUT2D eigenvalue weighted by molar-refractivity contribution is 7.69. The van der Waals surface area contributed by atoms with E-state index >= 15 is 0 Å². The number of nitrogens with zero attached hydrogens (tertiary/aromatic N) is 2. The van der Waals surface area contributed by atoms with Crippen molar-refractivity contribution in [1.29, 1.82) is 0 Å². The summed E-state index contributed by atoms with van der Waals surface area (Å²) in [7, 11) is -2.19. The summed E-state index contributed by atoms with van der Waals surface area (Å²) in [4.78, 5) is 7.74. The second-order valence-electron chi connectivity index (χ2n) is 2.41. The van der Waals surface area contributed by atoms with Crippen LogP contribution < -0.4 is 5.44 Å². The molecule has 12 heavy (non-hydrogen) atoms. The summed E-state index contributed by atoms with van der Waals surface area (Å²) in [6.07, 6.45) is 4.66. The van der Waals surface area contributed by atoms with Crippen LogP contribution in [0.5, 0.6) is 0 Å². The first kappa shape index (κ1) is 11.3. The monoisotopic (exact) mass is 186 g/mol. The molecule has 0 unspecified atom stereocenters. The Morgan fingerprint density at radius 3 is 2.08 bits per heavy atom. The molecule has 0 saturated heterocycles. The van der Waals surface area contributed by atoms with Gasteiger partial charge in [0, 0.05) is 12.4 Å². The Kier molecular flexibility index (Phi) is 4.75. The number of hydrogen-bond donors (Lipinski definition) is 0. The smallest absolute Gasteiger partial charge is 0.128 e. The molecule has 0 atom stereocenters. The maximum Gasteiger partial charge on any atom is 0.128 e. The topological polar surface area (TPSA) is 42.9 Å². The van der Waals surface area contributed by atoms with Crippen LogP contribution in [-0.4, -0.2) is 23.3 Å². The van der Waals surface area contributed by atoms with Crippen LogP contribution in [0, 0.1) is 0 Å². The number of aromatic nitrogens is 2. The Morgan fingerprint density at radius 2 is 1.83 bits per heavy atom. The van der Waals surface area contributed by atoms with E-state index in [0.29, 0.717) is 5.44 Å². The van der Waals surface area contributed by atoms with Crippen LogP contribution in [0.15, 0.2) is 18.6 Å². The Hall–Kier alpha value is -0.690. The quantitative estimate of drug-likeness (QED) is 0.627. The second kappa shape index (κ2) is 5.04. The van der Waals surface area contributed by atoms with Gasteiger partial charge in [-0.1, -0.05) is 13.8 Å².